The fourth-order valence-corrected chi connectivity index (χ4v) is 5.32. The van der Waals surface area contributed by atoms with E-state index < -0.39 is 42.3 Å². The van der Waals surface area contributed by atoms with Gasteiger partial charge in [0, 0.05) is 6.54 Å². The molecule has 286 valence electrons. The van der Waals surface area contributed by atoms with Crippen molar-refractivity contribution in [3.05, 3.63) is 108 Å². The molecule has 1 saturated heterocycles. The summed E-state index contributed by atoms with van der Waals surface area (Å²) in [5.74, 6) is 0. The molecule has 12 nitrogen and oxygen atoms in total. The third-order valence-corrected chi connectivity index (χ3v) is 7.83. The second-order valence-corrected chi connectivity index (χ2v) is 13.3. The first-order valence-electron chi connectivity index (χ1n) is 17.9. The number of benzene rings is 3. The Morgan fingerprint density at radius 1 is 0.635 bits per heavy atom. The van der Waals surface area contributed by atoms with E-state index in [1.165, 1.54) is 0 Å². The number of amides is 1. The van der Waals surface area contributed by atoms with Crippen molar-refractivity contribution in [1.29, 1.82) is 0 Å². The number of hydrogen-bond acceptors (Lipinski definition) is 11. The lowest BCUT2D eigenvalue weighted by Crippen LogP contribution is -2.64. The molecule has 3 aromatic rings. The predicted molar refractivity (Wildman–Crippen MR) is 195 cm³/mol. The lowest BCUT2D eigenvalue weighted by molar-refractivity contribution is -0.288. The van der Waals surface area contributed by atoms with Crippen molar-refractivity contribution < 1.29 is 47.4 Å². The highest BCUT2D eigenvalue weighted by atomic mass is 16.7. The zero-order valence-electron chi connectivity index (χ0n) is 30.7. The molecule has 52 heavy (non-hydrogen) atoms. The maximum atomic E-state index is 11.7. The smallest absolute Gasteiger partial charge is 0.407 e. The summed E-state index contributed by atoms with van der Waals surface area (Å²) in [6.07, 6.45) is -2.82. The summed E-state index contributed by atoms with van der Waals surface area (Å²) in [6.45, 7) is 9.72. The molecule has 0 spiro atoms. The van der Waals surface area contributed by atoms with Gasteiger partial charge in [0.15, 0.2) is 6.29 Å². The van der Waals surface area contributed by atoms with Gasteiger partial charge in [0.2, 0.25) is 0 Å². The molecule has 5 atom stereocenters. The minimum Gasteiger partial charge on any atom is -0.444 e. The molecule has 1 aliphatic rings. The molecule has 0 aromatic heterocycles. The molecule has 0 bridgehead atoms. The second kappa shape index (κ2) is 23.3. The fourth-order valence-electron chi connectivity index (χ4n) is 5.32. The number of nitrogens with two attached hydrogens (primary N) is 1. The van der Waals surface area contributed by atoms with E-state index in [4.69, 9.17) is 48.4 Å². The highest BCUT2D eigenvalue weighted by Crippen LogP contribution is 2.28. The lowest BCUT2D eigenvalue weighted by atomic mass is 9.96. The number of carbonyl (C=O) groups is 1. The van der Waals surface area contributed by atoms with Crippen LogP contribution in [0.3, 0.4) is 0 Å². The van der Waals surface area contributed by atoms with E-state index in [1.807, 2.05) is 112 Å². The molecule has 0 aliphatic carbocycles. The SMILES string of the molecule is CC(C)(C)OC(=O)NCCOCCOCCOCCO[C@H]1O[C@H](COCc2ccccc2)[C@H](OCc2ccccc2)[C@H](OCc2ccccc2)[C@H]1N. The van der Waals surface area contributed by atoms with Gasteiger partial charge in [-0.1, -0.05) is 91.0 Å². The van der Waals surface area contributed by atoms with E-state index >= 15 is 0 Å². The number of carbonyl (C=O) groups excluding carboxylic acids is 1. The number of nitrogens with one attached hydrogen (secondary N) is 1. The van der Waals surface area contributed by atoms with Crippen LogP contribution >= 0.6 is 0 Å². The summed E-state index contributed by atoms with van der Waals surface area (Å²) in [5, 5.41) is 2.65. The molecule has 1 amide bonds. The van der Waals surface area contributed by atoms with Crippen LogP contribution in [0.1, 0.15) is 37.5 Å². The normalized spacial score (nSPS) is 20.4. The molecular weight excluding hydrogens is 668 g/mol. The predicted octanol–water partition coefficient (Wildman–Crippen LogP) is 5.02. The number of rotatable bonds is 23. The van der Waals surface area contributed by atoms with Crippen LogP contribution in [-0.4, -0.2) is 102 Å². The summed E-state index contributed by atoms with van der Waals surface area (Å²) in [7, 11) is 0. The van der Waals surface area contributed by atoms with E-state index in [0.29, 0.717) is 66.0 Å². The molecule has 3 N–H and O–H groups in total. The summed E-state index contributed by atoms with van der Waals surface area (Å²) < 4.78 is 53.7. The second-order valence-electron chi connectivity index (χ2n) is 13.3. The Morgan fingerprint density at radius 3 is 1.65 bits per heavy atom. The van der Waals surface area contributed by atoms with E-state index in [0.717, 1.165) is 16.7 Å². The molecule has 4 rings (SSSR count). The van der Waals surface area contributed by atoms with Gasteiger partial charge >= 0.3 is 6.09 Å². The maximum absolute atomic E-state index is 11.7. The van der Waals surface area contributed by atoms with Crippen LogP contribution in [0.5, 0.6) is 0 Å². The minimum atomic E-state index is -0.774. The van der Waals surface area contributed by atoms with Crippen LogP contribution in [-0.2, 0) is 62.5 Å². The van der Waals surface area contributed by atoms with Crippen molar-refractivity contribution in [2.24, 2.45) is 5.73 Å². The van der Waals surface area contributed by atoms with Crippen molar-refractivity contribution in [3.63, 3.8) is 0 Å². The van der Waals surface area contributed by atoms with Crippen molar-refractivity contribution in [1.82, 2.24) is 5.32 Å². The largest absolute Gasteiger partial charge is 0.444 e. The molecule has 0 unspecified atom stereocenters. The Kier molecular flexibility index (Phi) is 18.5. The first-order chi connectivity index (χ1) is 25.3. The monoisotopic (exact) mass is 724 g/mol. The van der Waals surface area contributed by atoms with E-state index in [-0.39, 0.29) is 13.2 Å². The van der Waals surface area contributed by atoms with Gasteiger partial charge in [-0.15, -0.1) is 0 Å². The zero-order valence-corrected chi connectivity index (χ0v) is 30.7. The fraction of sp³-hybridized carbons (Fsp3) is 0.525. The van der Waals surface area contributed by atoms with Gasteiger partial charge in [-0.25, -0.2) is 4.79 Å². The van der Waals surface area contributed by atoms with Gasteiger partial charge < -0.3 is 53.7 Å². The standard InChI is InChI=1S/C40H56N2O10/c1-40(2,3)52-39(43)42-19-20-44-21-22-45-23-24-46-25-26-48-38-35(41)37(50-29-33-17-11-6-12-18-33)36(49-28-32-15-9-5-10-16-32)34(51-38)30-47-27-31-13-7-4-8-14-31/h4-18,34-38H,19-30,41H2,1-3H3,(H,42,43)/t34-,35-,36+,37-,38+/m1/s1. The van der Waals surface area contributed by atoms with Crippen molar-refractivity contribution in [3.8, 4) is 0 Å². The van der Waals surface area contributed by atoms with Gasteiger partial charge in [0.25, 0.3) is 0 Å². The van der Waals surface area contributed by atoms with Gasteiger partial charge in [-0.05, 0) is 37.5 Å². The first-order valence-corrected chi connectivity index (χ1v) is 17.9. The highest BCUT2D eigenvalue weighted by Gasteiger charge is 2.46. The zero-order chi connectivity index (χ0) is 36.9. The first kappa shape index (κ1) is 41.3. The van der Waals surface area contributed by atoms with Gasteiger partial charge in [-0.2, -0.15) is 0 Å². The Balaban J connectivity index is 1.23. The molecule has 0 radical (unpaired) electrons. The summed E-state index contributed by atoms with van der Waals surface area (Å²) >= 11 is 0. The van der Waals surface area contributed by atoms with Gasteiger partial charge in [0.1, 0.15) is 23.9 Å². The molecule has 1 fully saturated rings. The number of hydrogen-bond donors (Lipinski definition) is 2. The third kappa shape index (κ3) is 16.1. The lowest BCUT2D eigenvalue weighted by Gasteiger charge is -2.44. The maximum Gasteiger partial charge on any atom is 0.407 e. The van der Waals surface area contributed by atoms with Gasteiger partial charge in [0.05, 0.1) is 78.7 Å². The van der Waals surface area contributed by atoms with E-state index in [1.54, 1.807) is 0 Å². The van der Waals surface area contributed by atoms with Gasteiger partial charge in [-0.3, -0.25) is 0 Å². The molecule has 1 aliphatic heterocycles. The third-order valence-electron chi connectivity index (χ3n) is 7.83. The van der Waals surface area contributed by atoms with Crippen LogP contribution in [0, 0.1) is 0 Å². The van der Waals surface area contributed by atoms with Crippen LogP contribution in [0.15, 0.2) is 91.0 Å². The van der Waals surface area contributed by atoms with Crippen LogP contribution in [0.25, 0.3) is 0 Å². The Labute approximate surface area is 308 Å². The molecule has 1 heterocycles. The minimum absolute atomic E-state index is 0.254. The van der Waals surface area contributed by atoms with Crippen molar-refractivity contribution in [2.75, 3.05) is 59.4 Å². The quantitative estimate of drug-likeness (QED) is 0.128. The molecule has 3 aromatic carbocycles. The number of alkyl carbamates (subject to hydrolysis) is 1. The number of ether oxygens (including phenoxy) is 9. The topological polar surface area (TPSA) is 138 Å². The molecule has 12 heteroatoms. The van der Waals surface area contributed by atoms with E-state index in [9.17, 15) is 4.79 Å². The van der Waals surface area contributed by atoms with Crippen molar-refractivity contribution >= 4 is 6.09 Å². The highest BCUT2D eigenvalue weighted by molar-refractivity contribution is 5.67. The summed E-state index contributed by atoms with van der Waals surface area (Å²) in [4.78, 5) is 11.7. The average molecular weight is 725 g/mol. The molecule has 0 saturated carbocycles. The van der Waals surface area contributed by atoms with Crippen molar-refractivity contribution in [2.45, 2.75) is 76.8 Å². The average Bonchev–Trinajstić information content (AvgIpc) is 3.14. The Hall–Kier alpha value is -3.43. The van der Waals surface area contributed by atoms with Crippen LogP contribution < -0.4 is 11.1 Å². The van der Waals surface area contributed by atoms with Crippen LogP contribution in [0.2, 0.25) is 0 Å². The summed E-state index contributed by atoms with van der Waals surface area (Å²) in [6, 6.07) is 29.3. The Bertz CT molecular complexity index is 1360. The summed E-state index contributed by atoms with van der Waals surface area (Å²) in [5.41, 5.74) is 9.39. The van der Waals surface area contributed by atoms with E-state index in [2.05, 4.69) is 5.32 Å². The molecular formula is C40H56N2O10. The Morgan fingerprint density at radius 2 is 1.12 bits per heavy atom. The van der Waals surface area contributed by atoms with Crippen LogP contribution in [0.4, 0.5) is 4.79 Å².